The molecule has 7 rings (SSSR count). The van der Waals surface area contributed by atoms with Crippen molar-refractivity contribution in [1.29, 1.82) is 0 Å². The lowest BCUT2D eigenvalue weighted by molar-refractivity contribution is 0.163. The normalized spacial score (nSPS) is 16.4. The first-order chi connectivity index (χ1) is 23.4. The van der Waals surface area contributed by atoms with Gasteiger partial charge in [0.15, 0.2) is 0 Å². The van der Waals surface area contributed by atoms with Crippen LogP contribution in [-0.4, -0.2) is 0 Å². The molecule has 5 aromatic rings. The maximum Gasteiger partial charge on any atom is 0.127 e. The van der Waals surface area contributed by atoms with Gasteiger partial charge < -0.3 is 26.7 Å². The summed E-state index contributed by atoms with van der Waals surface area (Å²) in [5.41, 5.74) is 23.4. The van der Waals surface area contributed by atoms with Crippen molar-refractivity contribution in [2.75, 3.05) is 17.2 Å². The van der Waals surface area contributed by atoms with Crippen LogP contribution in [0.5, 0.6) is 23.0 Å². The maximum atomic E-state index is 6.11. The molecule has 0 bridgehead atoms. The summed E-state index contributed by atoms with van der Waals surface area (Å²) in [6.45, 7) is 2.04. The molecule has 2 fully saturated rings. The fraction of sp³-hybridized carbons (Fsp3) is 0.302. The van der Waals surface area contributed by atoms with Crippen molar-refractivity contribution in [3.8, 4) is 23.0 Å². The summed E-state index contributed by atoms with van der Waals surface area (Å²) in [7, 11) is 0. The first-order valence-corrected chi connectivity index (χ1v) is 17.5. The lowest BCUT2D eigenvalue weighted by atomic mass is 9.60. The van der Waals surface area contributed by atoms with E-state index in [2.05, 4.69) is 48.5 Å². The highest BCUT2D eigenvalue weighted by atomic mass is 16.5. The van der Waals surface area contributed by atoms with Crippen LogP contribution in [0.1, 0.15) is 74.5 Å². The molecule has 5 heteroatoms. The highest BCUT2D eigenvalue weighted by molar-refractivity contribution is 5.47. The third-order valence-electron chi connectivity index (χ3n) is 10.3. The van der Waals surface area contributed by atoms with Crippen molar-refractivity contribution in [1.82, 2.24) is 0 Å². The monoisotopic (exact) mass is 639 g/mol. The van der Waals surface area contributed by atoms with E-state index in [4.69, 9.17) is 26.7 Å². The molecule has 2 saturated carbocycles. The van der Waals surface area contributed by atoms with Gasteiger partial charge in [-0.1, -0.05) is 74.1 Å². The van der Waals surface area contributed by atoms with Crippen LogP contribution in [0.2, 0.25) is 0 Å². The minimum atomic E-state index is -0.00930. The van der Waals surface area contributed by atoms with Gasteiger partial charge in [-0.05, 0) is 140 Å². The molecule has 0 unspecified atom stereocenters. The van der Waals surface area contributed by atoms with Gasteiger partial charge in [-0.2, -0.15) is 0 Å². The van der Waals surface area contributed by atoms with Gasteiger partial charge in [-0.3, -0.25) is 0 Å². The first kappa shape index (κ1) is 33.0. The maximum absolute atomic E-state index is 6.11. The van der Waals surface area contributed by atoms with Crippen molar-refractivity contribution in [3.63, 3.8) is 0 Å². The summed E-state index contributed by atoms with van der Waals surface area (Å²) in [6, 6.07) is 40.4. The number of nitrogens with two attached hydrogens (primary N) is 3. The molecule has 2 aliphatic rings. The molecule has 0 amide bonds. The van der Waals surface area contributed by atoms with Crippen LogP contribution in [0.3, 0.4) is 0 Å². The van der Waals surface area contributed by atoms with E-state index in [1.807, 2.05) is 79.7 Å². The Kier molecular flexibility index (Phi) is 10.5. The van der Waals surface area contributed by atoms with Gasteiger partial charge in [-0.15, -0.1) is 0 Å². The van der Waals surface area contributed by atoms with E-state index in [1.165, 1.54) is 74.5 Å². The minimum absolute atomic E-state index is 0.00930. The fourth-order valence-electron chi connectivity index (χ4n) is 7.55. The summed E-state index contributed by atoms with van der Waals surface area (Å²) < 4.78 is 12.2. The van der Waals surface area contributed by atoms with Crippen LogP contribution in [0.25, 0.3) is 0 Å². The molecular formula is C43H49N3O2. The highest BCUT2D eigenvalue weighted by Gasteiger charge is 2.40. The van der Waals surface area contributed by atoms with Crippen LogP contribution in [0.4, 0.5) is 17.1 Å². The van der Waals surface area contributed by atoms with E-state index in [9.17, 15) is 0 Å². The fourth-order valence-corrected chi connectivity index (χ4v) is 7.55. The van der Waals surface area contributed by atoms with Crippen LogP contribution < -0.4 is 26.7 Å². The first-order valence-electron chi connectivity index (χ1n) is 17.5. The number of hydrogen-bond acceptors (Lipinski definition) is 5. The zero-order valence-corrected chi connectivity index (χ0v) is 28.1. The predicted octanol–water partition coefficient (Wildman–Crippen LogP) is 11.1. The smallest absolute Gasteiger partial charge is 0.127 e. The Morgan fingerprint density at radius 1 is 0.438 bits per heavy atom. The van der Waals surface area contributed by atoms with Crippen molar-refractivity contribution in [2.24, 2.45) is 11.8 Å². The number of anilines is 3. The third kappa shape index (κ3) is 8.32. The summed E-state index contributed by atoms with van der Waals surface area (Å²) in [4.78, 5) is 0. The Morgan fingerprint density at radius 3 is 1.15 bits per heavy atom. The summed E-state index contributed by atoms with van der Waals surface area (Å²) in [5.74, 6) is 5.04. The van der Waals surface area contributed by atoms with Gasteiger partial charge in [0.25, 0.3) is 0 Å². The summed E-state index contributed by atoms with van der Waals surface area (Å²) in [6.07, 6.45) is 12.0. The van der Waals surface area contributed by atoms with E-state index in [1.54, 1.807) is 0 Å². The standard InChI is InChI=1S/C36H40N2O2.C7H9N/c37-30-10-18-34(19-11-30)39-32-14-6-28(7-15-32)36(24-22-27(23-25-36)26-4-2-1-3-5-26)29-8-16-33(17-9-29)40-35-20-12-31(38)13-21-35;1-6-2-4-7(8)5-3-6/h6-21,26-27H,1-5,22-25,37-38H2;2-5H,8H2,1H3. The van der Waals surface area contributed by atoms with Gasteiger partial charge in [0, 0.05) is 22.5 Å². The molecule has 0 radical (unpaired) electrons. The van der Waals surface area contributed by atoms with Gasteiger partial charge in [0.1, 0.15) is 23.0 Å². The van der Waals surface area contributed by atoms with Crippen LogP contribution >= 0.6 is 0 Å². The second kappa shape index (κ2) is 15.3. The number of benzene rings is 5. The predicted molar refractivity (Wildman–Crippen MR) is 200 cm³/mol. The van der Waals surface area contributed by atoms with Crippen molar-refractivity contribution >= 4 is 17.1 Å². The minimum Gasteiger partial charge on any atom is -0.457 e. The lowest BCUT2D eigenvalue weighted by Crippen LogP contribution is -2.35. The molecule has 0 aromatic heterocycles. The molecule has 48 heavy (non-hydrogen) atoms. The second-order valence-corrected chi connectivity index (χ2v) is 13.6. The van der Waals surface area contributed by atoms with Crippen molar-refractivity contribution in [2.45, 2.75) is 70.1 Å². The van der Waals surface area contributed by atoms with Gasteiger partial charge in [-0.25, -0.2) is 0 Å². The molecule has 5 nitrogen and oxygen atoms in total. The number of nitrogen functional groups attached to an aromatic ring is 3. The van der Waals surface area contributed by atoms with Gasteiger partial charge in [0.2, 0.25) is 0 Å². The largest absolute Gasteiger partial charge is 0.457 e. The second-order valence-electron chi connectivity index (χ2n) is 13.6. The molecule has 0 saturated heterocycles. The molecule has 0 spiro atoms. The summed E-state index contributed by atoms with van der Waals surface area (Å²) >= 11 is 0. The van der Waals surface area contributed by atoms with Gasteiger partial charge in [0.05, 0.1) is 0 Å². The molecular weight excluding hydrogens is 590 g/mol. The Bertz CT molecular complexity index is 1590. The molecule has 6 N–H and O–H groups in total. The average molecular weight is 640 g/mol. The SMILES string of the molecule is Cc1ccc(N)cc1.Nc1ccc(Oc2ccc(C3(c4ccc(Oc5ccc(N)cc5)cc4)CCC(C4CCCCC4)CC3)cc2)cc1. The Balaban J connectivity index is 0.000000441. The van der Waals surface area contributed by atoms with Crippen LogP contribution in [0, 0.1) is 18.8 Å². The van der Waals surface area contributed by atoms with Crippen molar-refractivity contribution in [3.05, 3.63) is 138 Å². The highest BCUT2D eigenvalue weighted by Crippen LogP contribution is 2.50. The topological polar surface area (TPSA) is 96.5 Å². The Morgan fingerprint density at radius 2 is 0.771 bits per heavy atom. The third-order valence-corrected chi connectivity index (χ3v) is 10.3. The number of ether oxygens (including phenoxy) is 2. The zero-order valence-electron chi connectivity index (χ0n) is 28.1. The molecule has 0 heterocycles. The molecule has 248 valence electrons. The van der Waals surface area contributed by atoms with E-state index in [-0.39, 0.29) is 5.41 Å². The van der Waals surface area contributed by atoms with Gasteiger partial charge >= 0.3 is 0 Å². The number of rotatable bonds is 7. The van der Waals surface area contributed by atoms with Crippen LogP contribution in [-0.2, 0) is 5.41 Å². The lowest BCUT2D eigenvalue weighted by Gasteiger charge is -2.44. The quantitative estimate of drug-likeness (QED) is 0.154. The zero-order chi connectivity index (χ0) is 33.3. The Hall–Kier alpha value is -4.90. The van der Waals surface area contributed by atoms with E-state index in [0.717, 1.165) is 51.9 Å². The van der Waals surface area contributed by atoms with Crippen LogP contribution in [0.15, 0.2) is 121 Å². The Labute approximate surface area is 286 Å². The van der Waals surface area contributed by atoms with E-state index < -0.39 is 0 Å². The van der Waals surface area contributed by atoms with E-state index >= 15 is 0 Å². The molecule has 0 atom stereocenters. The number of aryl methyl sites for hydroxylation is 1. The average Bonchev–Trinajstić information content (AvgIpc) is 3.13. The molecule has 0 aliphatic heterocycles. The van der Waals surface area contributed by atoms with E-state index in [0.29, 0.717) is 0 Å². The molecule has 5 aromatic carbocycles. The summed E-state index contributed by atoms with van der Waals surface area (Å²) in [5, 5.41) is 0. The van der Waals surface area contributed by atoms with Crippen molar-refractivity contribution < 1.29 is 9.47 Å². The molecule has 2 aliphatic carbocycles. The number of hydrogen-bond donors (Lipinski definition) is 3.